The second kappa shape index (κ2) is 8.44. The predicted octanol–water partition coefficient (Wildman–Crippen LogP) is 2.85. The lowest BCUT2D eigenvalue weighted by Crippen LogP contribution is -2.36. The Morgan fingerprint density at radius 3 is 2.71 bits per heavy atom. The lowest BCUT2D eigenvalue weighted by molar-refractivity contribution is 0.122. The number of ether oxygens (including phenoxy) is 2. The molecular weight excluding hydrogens is 396 g/mol. The molecule has 0 atom stereocenters. The summed E-state index contributed by atoms with van der Waals surface area (Å²) in [5.74, 6) is 3.22. The van der Waals surface area contributed by atoms with Gasteiger partial charge in [0.05, 0.1) is 20.3 Å². The van der Waals surface area contributed by atoms with Gasteiger partial charge in [-0.25, -0.2) is 9.97 Å². The molecule has 0 spiro atoms. The van der Waals surface area contributed by atoms with E-state index in [2.05, 4.69) is 30.5 Å². The second-order valence-electron chi connectivity index (χ2n) is 6.97. The monoisotopic (exact) mass is 418 g/mol. The van der Waals surface area contributed by atoms with E-state index in [1.54, 1.807) is 31.6 Å². The van der Waals surface area contributed by atoms with Crippen molar-refractivity contribution in [2.45, 2.75) is 0 Å². The molecule has 0 bridgehead atoms. The van der Waals surface area contributed by atoms with Crippen molar-refractivity contribution in [3.05, 3.63) is 55.1 Å². The number of aromatic nitrogens is 5. The van der Waals surface area contributed by atoms with Crippen molar-refractivity contribution in [3.8, 4) is 5.75 Å². The molecule has 2 N–H and O–H groups in total. The molecule has 10 heteroatoms. The van der Waals surface area contributed by atoms with Gasteiger partial charge in [-0.2, -0.15) is 9.97 Å². The SMILES string of the molecule is COc1ccnc(Nc2nc(Nc3ccn4ccnc4c3)cc(N3CCOCC3)n2)c1. The van der Waals surface area contributed by atoms with Gasteiger partial charge in [0.25, 0.3) is 0 Å². The molecule has 0 aliphatic carbocycles. The molecule has 10 nitrogen and oxygen atoms in total. The Kier molecular flexibility index (Phi) is 5.19. The number of rotatable bonds is 6. The van der Waals surface area contributed by atoms with Gasteiger partial charge in [-0.3, -0.25) is 0 Å². The number of anilines is 5. The third kappa shape index (κ3) is 4.33. The first-order valence-electron chi connectivity index (χ1n) is 9.95. The van der Waals surface area contributed by atoms with E-state index in [0.717, 1.165) is 30.2 Å². The van der Waals surface area contributed by atoms with Crippen LogP contribution < -0.4 is 20.3 Å². The Morgan fingerprint density at radius 1 is 0.935 bits per heavy atom. The van der Waals surface area contributed by atoms with Crippen LogP contribution in [0.25, 0.3) is 5.65 Å². The highest BCUT2D eigenvalue weighted by molar-refractivity contribution is 5.65. The summed E-state index contributed by atoms with van der Waals surface area (Å²) < 4.78 is 12.7. The van der Waals surface area contributed by atoms with Crippen LogP contribution >= 0.6 is 0 Å². The molecule has 0 amide bonds. The topological polar surface area (TPSA) is 102 Å². The Bertz CT molecular complexity index is 1190. The van der Waals surface area contributed by atoms with E-state index in [9.17, 15) is 0 Å². The number of pyridine rings is 2. The molecule has 158 valence electrons. The zero-order chi connectivity index (χ0) is 21.0. The zero-order valence-electron chi connectivity index (χ0n) is 17.0. The Labute approximate surface area is 178 Å². The highest BCUT2D eigenvalue weighted by Crippen LogP contribution is 2.25. The summed E-state index contributed by atoms with van der Waals surface area (Å²) in [6.07, 6.45) is 7.30. The summed E-state index contributed by atoms with van der Waals surface area (Å²) >= 11 is 0. The second-order valence-corrected chi connectivity index (χ2v) is 6.97. The van der Waals surface area contributed by atoms with Crippen molar-refractivity contribution in [3.63, 3.8) is 0 Å². The smallest absolute Gasteiger partial charge is 0.232 e. The minimum atomic E-state index is 0.439. The van der Waals surface area contributed by atoms with Gasteiger partial charge in [0.2, 0.25) is 5.95 Å². The van der Waals surface area contributed by atoms with Crippen molar-refractivity contribution >= 4 is 34.7 Å². The molecule has 1 fully saturated rings. The number of hydrogen-bond acceptors (Lipinski definition) is 9. The Morgan fingerprint density at radius 2 is 1.84 bits per heavy atom. The fourth-order valence-electron chi connectivity index (χ4n) is 3.37. The van der Waals surface area contributed by atoms with Crippen LogP contribution in [0.15, 0.2) is 55.1 Å². The zero-order valence-corrected chi connectivity index (χ0v) is 17.0. The normalized spacial score (nSPS) is 13.9. The van der Waals surface area contributed by atoms with Crippen LogP contribution in [0, 0.1) is 0 Å². The van der Waals surface area contributed by atoms with Crippen molar-refractivity contribution in [2.75, 3.05) is 48.9 Å². The molecule has 5 heterocycles. The summed E-state index contributed by atoms with van der Waals surface area (Å²) in [5, 5.41) is 6.55. The summed E-state index contributed by atoms with van der Waals surface area (Å²) in [4.78, 5) is 20.2. The number of morpholine rings is 1. The van der Waals surface area contributed by atoms with Gasteiger partial charge in [0, 0.05) is 61.8 Å². The summed E-state index contributed by atoms with van der Waals surface area (Å²) in [6.45, 7) is 2.88. The molecule has 0 radical (unpaired) electrons. The van der Waals surface area contributed by atoms with Gasteiger partial charge < -0.3 is 29.4 Å². The maximum Gasteiger partial charge on any atom is 0.232 e. The third-order valence-electron chi connectivity index (χ3n) is 4.92. The third-order valence-corrected chi connectivity index (χ3v) is 4.92. The first kappa shape index (κ1) is 19.1. The lowest BCUT2D eigenvalue weighted by atomic mass is 10.3. The largest absolute Gasteiger partial charge is 0.497 e. The quantitative estimate of drug-likeness (QED) is 0.489. The first-order chi connectivity index (χ1) is 15.3. The number of imidazole rings is 1. The number of methoxy groups -OCH3 is 1. The number of fused-ring (bicyclic) bond motifs is 1. The van der Waals surface area contributed by atoms with E-state index in [-0.39, 0.29) is 0 Å². The highest BCUT2D eigenvalue weighted by Gasteiger charge is 2.16. The minimum absolute atomic E-state index is 0.439. The number of nitrogens with one attached hydrogen (secondary N) is 2. The molecule has 4 aromatic heterocycles. The van der Waals surface area contributed by atoms with E-state index in [1.165, 1.54) is 0 Å². The standard InChI is InChI=1S/C21H22N8O2/c1-30-16-2-4-22-17(13-16)25-21-26-18(14-20(27-21)29-8-10-31-11-9-29)24-15-3-6-28-7-5-23-19(28)12-15/h2-7,12-14H,8-11H2,1H3,(H2,22,24,25,26,27). The highest BCUT2D eigenvalue weighted by atomic mass is 16.5. The van der Waals surface area contributed by atoms with E-state index >= 15 is 0 Å². The van der Waals surface area contributed by atoms with E-state index in [1.807, 2.05) is 35.0 Å². The van der Waals surface area contributed by atoms with Crippen molar-refractivity contribution in [1.29, 1.82) is 0 Å². The Balaban J connectivity index is 1.47. The lowest BCUT2D eigenvalue weighted by Gasteiger charge is -2.28. The van der Waals surface area contributed by atoms with Crippen LogP contribution in [-0.2, 0) is 4.74 Å². The average molecular weight is 418 g/mol. The van der Waals surface area contributed by atoms with Gasteiger partial charge in [-0.15, -0.1) is 0 Å². The van der Waals surface area contributed by atoms with Gasteiger partial charge in [0.15, 0.2) is 0 Å². The number of hydrogen-bond donors (Lipinski definition) is 2. The maximum absolute atomic E-state index is 5.48. The molecule has 31 heavy (non-hydrogen) atoms. The minimum Gasteiger partial charge on any atom is -0.497 e. The molecule has 0 unspecified atom stereocenters. The Hall–Kier alpha value is -3.92. The molecular formula is C21H22N8O2. The van der Waals surface area contributed by atoms with Gasteiger partial charge >= 0.3 is 0 Å². The molecule has 4 aromatic rings. The van der Waals surface area contributed by atoms with Crippen LogP contribution in [0.1, 0.15) is 0 Å². The molecule has 0 aromatic carbocycles. The van der Waals surface area contributed by atoms with Crippen molar-refractivity contribution < 1.29 is 9.47 Å². The summed E-state index contributed by atoms with van der Waals surface area (Å²) in [6, 6.07) is 9.46. The van der Waals surface area contributed by atoms with Gasteiger partial charge in [-0.05, 0) is 12.1 Å². The molecule has 0 saturated carbocycles. The average Bonchev–Trinajstić information content (AvgIpc) is 3.27. The fourth-order valence-corrected chi connectivity index (χ4v) is 3.37. The van der Waals surface area contributed by atoms with Gasteiger partial charge in [0.1, 0.15) is 28.9 Å². The van der Waals surface area contributed by atoms with Gasteiger partial charge in [-0.1, -0.05) is 0 Å². The fraction of sp³-hybridized carbons (Fsp3) is 0.238. The molecule has 1 aliphatic rings. The van der Waals surface area contributed by atoms with E-state index in [0.29, 0.717) is 36.5 Å². The maximum atomic E-state index is 5.48. The first-order valence-corrected chi connectivity index (χ1v) is 9.95. The van der Waals surface area contributed by atoms with E-state index < -0.39 is 0 Å². The summed E-state index contributed by atoms with van der Waals surface area (Å²) in [5.41, 5.74) is 1.74. The van der Waals surface area contributed by atoms with Crippen LogP contribution in [-0.4, -0.2) is 57.7 Å². The van der Waals surface area contributed by atoms with Crippen LogP contribution in [0.5, 0.6) is 5.75 Å². The molecule has 1 aliphatic heterocycles. The van der Waals surface area contributed by atoms with E-state index in [4.69, 9.17) is 14.5 Å². The van der Waals surface area contributed by atoms with Crippen molar-refractivity contribution in [1.82, 2.24) is 24.3 Å². The van der Waals surface area contributed by atoms with Crippen LogP contribution in [0.2, 0.25) is 0 Å². The van der Waals surface area contributed by atoms with Crippen LogP contribution in [0.3, 0.4) is 0 Å². The molecule has 5 rings (SSSR count). The van der Waals surface area contributed by atoms with Crippen molar-refractivity contribution in [2.24, 2.45) is 0 Å². The summed E-state index contributed by atoms with van der Waals surface area (Å²) in [7, 11) is 1.62. The van der Waals surface area contributed by atoms with Crippen LogP contribution in [0.4, 0.5) is 29.1 Å². The number of nitrogens with zero attached hydrogens (tertiary/aromatic N) is 6. The predicted molar refractivity (Wildman–Crippen MR) is 118 cm³/mol. The molecule has 1 saturated heterocycles.